The normalized spacial score (nSPS) is 22.7. The highest BCUT2D eigenvalue weighted by Crippen LogP contribution is 2.58. The highest BCUT2D eigenvalue weighted by atomic mass is 35.5. The first-order valence-corrected chi connectivity index (χ1v) is 9.26. The molecule has 1 aromatic carbocycles. The number of carbonyl (C=O) groups excluding carboxylic acids is 1. The molecule has 0 radical (unpaired) electrons. The Balaban J connectivity index is 0.00000208. The van der Waals surface area contributed by atoms with Gasteiger partial charge in [-0.25, -0.2) is 0 Å². The molecule has 1 saturated carbocycles. The van der Waals surface area contributed by atoms with Gasteiger partial charge in [-0.05, 0) is 49.2 Å². The van der Waals surface area contributed by atoms with Crippen molar-refractivity contribution in [2.75, 3.05) is 13.1 Å². The van der Waals surface area contributed by atoms with Crippen LogP contribution in [0.4, 0.5) is 0 Å². The third-order valence-corrected chi connectivity index (χ3v) is 6.08. The van der Waals surface area contributed by atoms with Crippen molar-refractivity contribution in [2.45, 2.75) is 52.0 Å². The molecule has 1 saturated heterocycles. The molecule has 2 aliphatic rings. The second-order valence-corrected chi connectivity index (χ2v) is 7.34. The van der Waals surface area contributed by atoms with Gasteiger partial charge in [0.25, 0.3) is 0 Å². The lowest BCUT2D eigenvalue weighted by Gasteiger charge is -2.28. The zero-order valence-corrected chi connectivity index (χ0v) is 15.7. The third kappa shape index (κ3) is 3.94. The number of piperidine rings is 1. The van der Waals surface area contributed by atoms with E-state index >= 15 is 0 Å². The average molecular weight is 351 g/mol. The number of benzene rings is 1. The van der Waals surface area contributed by atoms with Gasteiger partial charge in [0.05, 0.1) is 6.04 Å². The monoisotopic (exact) mass is 350 g/mol. The van der Waals surface area contributed by atoms with Gasteiger partial charge in [0.15, 0.2) is 0 Å². The number of amides is 1. The fourth-order valence-corrected chi connectivity index (χ4v) is 4.34. The summed E-state index contributed by atoms with van der Waals surface area (Å²) in [5.41, 5.74) is 1.55. The van der Waals surface area contributed by atoms with E-state index in [9.17, 15) is 4.79 Å². The molecule has 1 heterocycles. The Morgan fingerprint density at radius 3 is 2.42 bits per heavy atom. The molecule has 2 atom stereocenters. The van der Waals surface area contributed by atoms with Crippen molar-refractivity contribution in [3.63, 3.8) is 0 Å². The van der Waals surface area contributed by atoms with E-state index in [0.29, 0.717) is 11.3 Å². The van der Waals surface area contributed by atoms with Crippen molar-refractivity contribution in [3.8, 4) is 0 Å². The summed E-state index contributed by atoms with van der Waals surface area (Å²) in [7, 11) is 0. The lowest BCUT2D eigenvalue weighted by Crippen LogP contribution is -2.37. The van der Waals surface area contributed by atoms with Crippen LogP contribution in [0.3, 0.4) is 0 Å². The highest BCUT2D eigenvalue weighted by molar-refractivity contribution is 5.85. The van der Waals surface area contributed by atoms with Crippen molar-refractivity contribution in [1.29, 1.82) is 0 Å². The van der Waals surface area contributed by atoms with Crippen molar-refractivity contribution in [1.82, 2.24) is 10.6 Å². The molecule has 1 spiro atoms. The van der Waals surface area contributed by atoms with Crippen LogP contribution in [0.1, 0.15) is 57.6 Å². The van der Waals surface area contributed by atoms with Crippen LogP contribution in [0.5, 0.6) is 0 Å². The van der Waals surface area contributed by atoms with Gasteiger partial charge < -0.3 is 10.6 Å². The van der Waals surface area contributed by atoms with Crippen LogP contribution in [-0.4, -0.2) is 19.0 Å². The van der Waals surface area contributed by atoms with Crippen LogP contribution in [0, 0.1) is 17.3 Å². The molecule has 0 bridgehead atoms. The topological polar surface area (TPSA) is 41.1 Å². The molecule has 1 aliphatic heterocycles. The van der Waals surface area contributed by atoms with Crippen molar-refractivity contribution in [3.05, 3.63) is 35.9 Å². The van der Waals surface area contributed by atoms with Crippen LogP contribution >= 0.6 is 12.4 Å². The minimum Gasteiger partial charge on any atom is -0.349 e. The molecule has 134 valence electrons. The summed E-state index contributed by atoms with van der Waals surface area (Å²) in [4.78, 5) is 12.9. The fraction of sp³-hybridized carbons (Fsp3) is 0.650. The van der Waals surface area contributed by atoms with Gasteiger partial charge >= 0.3 is 0 Å². The number of halogens is 1. The van der Waals surface area contributed by atoms with E-state index in [1.54, 1.807) is 0 Å². The second kappa shape index (κ2) is 8.35. The molecule has 2 fully saturated rings. The number of hydrogen-bond donors (Lipinski definition) is 2. The Morgan fingerprint density at radius 1 is 1.21 bits per heavy atom. The summed E-state index contributed by atoms with van der Waals surface area (Å²) >= 11 is 0. The summed E-state index contributed by atoms with van der Waals surface area (Å²) in [5, 5.41) is 6.82. The number of rotatable bonds is 6. The zero-order chi connectivity index (χ0) is 16.3. The molecule has 24 heavy (non-hydrogen) atoms. The first-order valence-electron chi connectivity index (χ1n) is 9.26. The predicted octanol–water partition coefficient (Wildman–Crippen LogP) is 4.09. The summed E-state index contributed by atoms with van der Waals surface area (Å²) in [5.74, 6) is 1.03. The second-order valence-electron chi connectivity index (χ2n) is 7.34. The molecule has 1 aliphatic carbocycles. The van der Waals surface area contributed by atoms with E-state index in [2.05, 4.69) is 48.7 Å². The van der Waals surface area contributed by atoms with E-state index in [1.165, 1.54) is 5.56 Å². The van der Waals surface area contributed by atoms with Crippen LogP contribution in [0.2, 0.25) is 0 Å². The largest absolute Gasteiger partial charge is 0.349 e. The average Bonchev–Trinajstić information content (AvgIpc) is 3.29. The van der Waals surface area contributed by atoms with Gasteiger partial charge in [-0.15, -0.1) is 12.4 Å². The predicted molar refractivity (Wildman–Crippen MR) is 101 cm³/mol. The molecule has 1 aromatic rings. The fourth-order valence-electron chi connectivity index (χ4n) is 4.34. The maximum absolute atomic E-state index is 12.9. The van der Waals surface area contributed by atoms with Gasteiger partial charge in [-0.1, -0.05) is 57.0 Å². The van der Waals surface area contributed by atoms with Gasteiger partial charge in [-0.2, -0.15) is 0 Å². The number of nitrogens with one attached hydrogen (secondary N) is 2. The molecule has 3 rings (SSSR count). The Kier molecular flexibility index (Phi) is 6.70. The molecule has 2 N–H and O–H groups in total. The van der Waals surface area contributed by atoms with Crippen LogP contribution in [0.25, 0.3) is 0 Å². The van der Waals surface area contributed by atoms with E-state index in [0.717, 1.165) is 45.2 Å². The Morgan fingerprint density at radius 2 is 1.83 bits per heavy atom. The zero-order valence-electron chi connectivity index (χ0n) is 14.9. The lowest BCUT2D eigenvalue weighted by atomic mass is 9.88. The summed E-state index contributed by atoms with van der Waals surface area (Å²) in [6.07, 6.45) is 5.59. The molecular formula is C20H31ClN2O. The van der Waals surface area contributed by atoms with Crippen molar-refractivity contribution in [2.24, 2.45) is 17.3 Å². The maximum Gasteiger partial charge on any atom is 0.224 e. The van der Waals surface area contributed by atoms with E-state index in [-0.39, 0.29) is 30.3 Å². The molecule has 4 heteroatoms. The minimum atomic E-state index is 0. The summed E-state index contributed by atoms with van der Waals surface area (Å²) in [6, 6.07) is 10.6. The van der Waals surface area contributed by atoms with E-state index < -0.39 is 0 Å². The standard InChI is InChI=1S/C20H30N2O.ClH/c1-3-15(4-2)18(16-8-6-5-7-9-16)22-19(23)17-14-20(17)10-12-21-13-11-20;/h5-9,15,17-18,21H,3-4,10-14H2,1-2H3,(H,22,23);1H. The highest BCUT2D eigenvalue weighted by Gasteiger charge is 2.57. The molecule has 2 unspecified atom stereocenters. The minimum absolute atomic E-state index is 0. The van der Waals surface area contributed by atoms with Crippen LogP contribution in [-0.2, 0) is 4.79 Å². The first-order chi connectivity index (χ1) is 11.2. The Bertz CT molecular complexity index is 524. The number of carbonyl (C=O) groups is 1. The Labute approximate surface area is 152 Å². The van der Waals surface area contributed by atoms with E-state index in [1.807, 2.05) is 6.07 Å². The summed E-state index contributed by atoms with van der Waals surface area (Å²) < 4.78 is 0. The quantitative estimate of drug-likeness (QED) is 0.811. The number of hydrogen-bond acceptors (Lipinski definition) is 2. The Hall–Kier alpha value is -1.06. The first kappa shape index (κ1) is 19.3. The van der Waals surface area contributed by atoms with Gasteiger partial charge in [-0.3, -0.25) is 4.79 Å². The lowest BCUT2D eigenvalue weighted by molar-refractivity contribution is -0.124. The van der Waals surface area contributed by atoms with Crippen molar-refractivity contribution < 1.29 is 4.79 Å². The molecule has 0 aromatic heterocycles. The van der Waals surface area contributed by atoms with Gasteiger partial charge in [0, 0.05) is 5.92 Å². The summed E-state index contributed by atoms with van der Waals surface area (Å²) in [6.45, 7) is 6.58. The van der Waals surface area contributed by atoms with Gasteiger partial charge in [0.1, 0.15) is 0 Å². The van der Waals surface area contributed by atoms with Crippen LogP contribution in [0.15, 0.2) is 30.3 Å². The molecule has 3 nitrogen and oxygen atoms in total. The smallest absolute Gasteiger partial charge is 0.224 e. The van der Waals surface area contributed by atoms with Crippen molar-refractivity contribution >= 4 is 18.3 Å². The molecule has 1 amide bonds. The van der Waals surface area contributed by atoms with Gasteiger partial charge in [0.2, 0.25) is 5.91 Å². The maximum atomic E-state index is 12.9. The van der Waals surface area contributed by atoms with E-state index in [4.69, 9.17) is 0 Å². The third-order valence-electron chi connectivity index (χ3n) is 6.08. The SMILES string of the molecule is CCC(CC)C(NC(=O)C1CC12CCNCC2)c1ccccc1.Cl. The molecular weight excluding hydrogens is 320 g/mol. The van der Waals surface area contributed by atoms with Crippen LogP contribution < -0.4 is 10.6 Å².